The lowest BCUT2D eigenvalue weighted by Gasteiger charge is -2.15. The van der Waals surface area contributed by atoms with E-state index in [1.54, 1.807) is 12.1 Å². The second-order valence-corrected chi connectivity index (χ2v) is 4.58. The average Bonchev–Trinajstić information content (AvgIpc) is 2.46. The molecule has 0 aliphatic heterocycles. The number of nitrogens with zero attached hydrogens (tertiary/aromatic N) is 2. The fraction of sp³-hybridized carbons (Fsp3) is 0.154. The van der Waals surface area contributed by atoms with Crippen LogP contribution in [0.1, 0.15) is 11.7 Å². The lowest BCUT2D eigenvalue weighted by atomic mass is 10.1. The summed E-state index contributed by atoms with van der Waals surface area (Å²) in [5.41, 5.74) is 0.726. The Balaban J connectivity index is 2.20. The van der Waals surface area contributed by atoms with Crippen molar-refractivity contribution in [2.24, 2.45) is 0 Å². The standard InChI is InChI=1S/C13H11Cl2N3O2/c1-20-10(8-5-3-2-4-6-8)13(19)18-12-9(14)11(15)16-7-17-12/h2-7,10H,1H3,(H,16,17,18,19). The van der Waals surface area contributed by atoms with E-state index < -0.39 is 12.0 Å². The SMILES string of the molecule is COC(C(=O)Nc1ncnc(Cl)c1Cl)c1ccccc1. The van der Waals surface area contributed by atoms with Crippen molar-refractivity contribution in [1.82, 2.24) is 9.97 Å². The lowest BCUT2D eigenvalue weighted by molar-refractivity contribution is -0.126. The van der Waals surface area contributed by atoms with Crippen LogP contribution in [0, 0.1) is 0 Å². The molecule has 0 aliphatic rings. The zero-order chi connectivity index (χ0) is 14.5. The molecule has 7 heteroatoms. The molecule has 5 nitrogen and oxygen atoms in total. The lowest BCUT2D eigenvalue weighted by Crippen LogP contribution is -2.23. The summed E-state index contributed by atoms with van der Waals surface area (Å²) in [4.78, 5) is 19.8. The Morgan fingerprint density at radius 3 is 2.60 bits per heavy atom. The fourth-order valence-corrected chi connectivity index (χ4v) is 1.92. The molecule has 20 heavy (non-hydrogen) atoms. The molecule has 0 saturated heterocycles. The van der Waals surface area contributed by atoms with Gasteiger partial charge in [-0.15, -0.1) is 0 Å². The summed E-state index contributed by atoms with van der Waals surface area (Å²) in [6, 6.07) is 9.09. The number of ether oxygens (including phenoxy) is 1. The highest BCUT2D eigenvalue weighted by Crippen LogP contribution is 2.27. The first-order valence-corrected chi connectivity index (χ1v) is 6.43. The fourth-order valence-electron chi connectivity index (χ4n) is 1.64. The first-order valence-electron chi connectivity index (χ1n) is 5.68. The van der Waals surface area contributed by atoms with Crippen LogP contribution in [0.5, 0.6) is 0 Å². The molecule has 0 bridgehead atoms. The molecule has 1 N–H and O–H groups in total. The molecular weight excluding hydrogens is 301 g/mol. The molecule has 1 aromatic heterocycles. The topological polar surface area (TPSA) is 64.1 Å². The van der Waals surface area contributed by atoms with Crippen molar-refractivity contribution in [2.45, 2.75) is 6.10 Å². The Morgan fingerprint density at radius 2 is 1.95 bits per heavy atom. The molecule has 0 radical (unpaired) electrons. The molecule has 1 heterocycles. The highest BCUT2D eigenvalue weighted by molar-refractivity contribution is 6.42. The van der Waals surface area contributed by atoms with Crippen molar-refractivity contribution in [1.29, 1.82) is 0 Å². The largest absolute Gasteiger partial charge is 0.367 e. The van der Waals surface area contributed by atoms with Gasteiger partial charge in [0, 0.05) is 7.11 Å². The van der Waals surface area contributed by atoms with E-state index in [2.05, 4.69) is 15.3 Å². The van der Waals surface area contributed by atoms with Gasteiger partial charge in [-0.25, -0.2) is 9.97 Å². The van der Waals surface area contributed by atoms with E-state index in [0.717, 1.165) is 5.56 Å². The predicted molar refractivity (Wildman–Crippen MR) is 76.9 cm³/mol. The molecule has 1 unspecified atom stereocenters. The molecule has 1 aromatic carbocycles. The Kier molecular flexibility index (Phi) is 4.89. The molecule has 2 rings (SSSR count). The summed E-state index contributed by atoms with van der Waals surface area (Å²) in [6.45, 7) is 0. The van der Waals surface area contributed by atoms with E-state index in [-0.39, 0.29) is 16.0 Å². The van der Waals surface area contributed by atoms with Crippen LogP contribution in [0.2, 0.25) is 10.2 Å². The Hall–Kier alpha value is -1.69. The summed E-state index contributed by atoms with van der Waals surface area (Å²) in [5.74, 6) is -0.245. The van der Waals surface area contributed by atoms with Gasteiger partial charge in [0.2, 0.25) is 0 Å². The first kappa shape index (κ1) is 14.7. The van der Waals surface area contributed by atoms with Gasteiger partial charge in [0.15, 0.2) is 17.1 Å². The minimum Gasteiger partial charge on any atom is -0.367 e. The van der Waals surface area contributed by atoms with E-state index in [9.17, 15) is 4.79 Å². The summed E-state index contributed by atoms with van der Waals surface area (Å²) < 4.78 is 5.21. The van der Waals surface area contributed by atoms with Gasteiger partial charge in [-0.05, 0) is 5.56 Å². The molecule has 1 amide bonds. The zero-order valence-electron chi connectivity index (χ0n) is 10.5. The summed E-state index contributed by atoms with van der Waals surface area (Å²) in [6.07, 6.45) is 0.453. The number of rotatable bonds is 4. The van der Waals surface area contributed by atoms with Gasteiger partial charge in [-0.1, -0.05) is 53.5 Å². The van der Waals surface area contributed by atoms with Crippen LogP contribution < -0.4 is 5.32 Å². The second-order valence-electron chi connectivity index (χ2n) is 3.84. The number of hydrogen-bond donors (Lipinski definition) is 1. The Bertz CT molecular complexity index is 608. The smallest absolute Gasteiger partial charge is 0.259 e. The van der Waals surface area contributed by atoms with Gasteiger partial charge in [0.1, 0.15) is 11.3 Å². The van der Waals surface area contributed by atoms with Gasteiger partial charge >= 0.3 is 0 Å². The normalized spacial score (nSPS) is 11.9. The highest BCUT2D eigenvalue weighted by Gasteiger charge is 2.21. The maximum atomic E-state index is 12.2. The predicted octanol–water partition coefficient (Wildman–Crippen LogP) is 3.11. The van der Waals surface area contributed by atoms with Crippen LogP contribution in [-0.4, -0.2) is 23.0 Å². The van der Waals surface area contributed by atoms with E-state index in [0.29, 0.717) is 0 Å². The molecule has 104 valence electrons. The van der Waals surface area contributed by atoms with Crippen molar-refractivity contribution in [3.8, 4) is 0 Å². The maximum absolute atomic E-state index is 12.2. The van der Waals surface area contributed by atoms with E-state index in [1.165, 1.54) is 13.4 Å². The van der Waals surface area contributed by atoms with E-state index >= 15 is 0 Å². The number of benzene rings is 1. The summed E-state index contributed by atoms with van der Waals surface area (Å²) in [5, 5.41) is 2.73. The summed E-state index contributed by atoms with van der Waals surface area (Å²) in [7, 11) is 1.45. The average molecular weight is 312 g/mol. The van der Waals surface area contributed by atoms with Crippen LogP contribution in [0.3, 0.4) is 0 Å². The van der Waals surface area contributed by atoms with Crippen LogP contribution in [0.4, 0.5) is 5.82 Å². The third-order valence-corrected chi connectivity index (χ3v) is 3.31. The molecule has 2 aromatic rings. The van der Waals surface area contributed by atoms with Gasteiger partial charge in [-0.3, -0.25) is 4.79 Å². The van der Waals surface area contributed by atoms with Crippen LogP contribution in [-0.2, 0) is 9.53 Å². The number of carbonyl (C=O) groups excluding carboxylic acids is 1. The van der Waals surface area contributed by atoms with Crippen LogP contribution in [0.15, 0.2) is 36.7 Å². The summed E-state index contributed by atoms with van der Waals surface area (Å²) >= 11 is 11.7. The number of nitrogens with one attached hydrogen (secondary N) is 1. The van der Waals surface area contributed by atoms with Crippen molar-refractivity contribution in [3.05, 3.63) is 52.4 Å². The zero-order valence-corrected chi connectivity index (χ0v) is 12.0. The third-order valence-electron chi connectivity index (χ3n) is 2.56. The monoisotopic (exact) mass is 311 g/mol. The maximum Gasteiger partial charge on any atom is 0.259 e. The van der Waals surface area contributed by atoms with Crippen molar-refractivity contribution in [3.63, 3.8) is 0 Å². The first-order chi connectivity index (χ1) is 9.63. The van der Waals surface area contributed by atoms with Gasteiger partial charge < -0.3 is 10.1 Å². The number of carbonyl (C=O) groups is 1. The number of halogens is 2. The number of aromatic nitrogens is 2. The van der Waals surface area contributed by atoms with Gasteiger partial charge in [0.25, 0.3) is 5.91 Å². The van der Waals surface area contributed by atoms with Crippen molar-refractivity contribution < 1.29 is 9.53 Å². The molecule has 0 fully saturated rings. The number of methoxy groups -OCH3 is 1. The molecular formula is C13H11Cl2N3O2. The van der Waals surface area contributed by atoms with Gasteiger partial charge in [0.05, 0.1) is 0 Å². The third kappa shape index (κ3) is 3.25. The second kappa shape index (κ2) is 6.65. The molecule has 0 saturated carbocycles. The van der Waals surface area contributed by atoms with E-state index in [4.69, 9.17) is 27.9 Å². The number of anilines is 1. The molecule has 0 aliphatic carbocycles. The van der Waals surface area contributed by atoms with Crippen molar-refractivity contribution in [2.75, 3.05) is 12.4 Å². The minimum absolute atomic E-state index is 0.0747. The Labute approximate surface area is 125 Å². The number of amides is 1. The number of hydrogen-bond acceptors (Lipinski definition) is 4. The Morgan fingerprint density at radius 1 is 1.25 bits per heavy atom. The van der Waals surface area contributed by atoms with E-state index in [1.807, 2.05) is 18.2 Å². The van der Waals surface area contributed by atoms with Crippen LogP contribution in [0.25, 0.3) is 0 Å². The minimum atomic E-state index is -0.763. The molecule has 1 atom stereocenters. The van der Waals surface area contributed by atoms with Crippen molar-refractivity contribution >= 4 is 34.9 Å². The van der Waals surface area contributed by atoms with Gasteiger partial charge in [-0.2, -0.15) is 0 Å². The highest BCUT2D eigenvalue weighted by atomic mass is 35.5. The quantitative estimate of drug-likeness (QED) is 0.881. The van der Waals surface area contributed by atoms with Crippen LogP contribution >= 0.6 is 23.2 Å². The molecule has 0 spiro atoms.